The zero-order valence-electron chi connectivity index (χ0n) is 10.9. The predicted molar refractivity (Wildman–Crippen MR) is 79.2 cm³/mol. The molecular formula is C14H19O2PS. The maximum absolute atomic E-state index is 11.0. The first-order chi connectivity index (χ1) is 8.71. The molecule has 1 unspecified atom stereocenters. The first-order valence-corrected chi connectivity index (χ1v) is 7.44. The van der Waals surface area contributed by atoms with Crippen molar-refractivity contribution in [1.29, 1.82) is 0 Å². The average Bonchev–Trinajstić information content (AvgIpc) is 2.39. The van der Waals surface area contributed by atoms with Crippen molar-refractivity contribution in [3.63, 3.8) is 0 Å². The molecule has 0 saturated heterocycles. The molecule has 4 heteroatoms. The second-order valence-corrected chi connectivity index (χ2v) is 5.11. The molecule has 0 aliphatic rings. The molecule has 1 rings (SSSR count). The molecule has 0 saturated carbocycles. The van der Waals surface area contributed by atoms with Gasteiger partial charge in [-0.1, -0.05) is 69.2 Å². The molecule has 2 nitrogen and oxygen atoms in total. The summed E-state index contributed by atoms with van der Waals surface area (Å²) in [6.07, 6.45) is 3.45. The molecule has 98 valence electrons. The van der Waals surface area contributed by atoms with E-state index in [-0.39, 0.29) is 8.69 Å². The van der Waals surface area contributed by atoms with Crippen molar-refractivity contribution in [2.24, 2.45) is 0 Å². The smallest absolute Gasteiger partial charge is 0.277 e. The molecule has 1 atom stereocenters. The Morgan fingerprint density at radius 3 is 2.44 bits per heavy atom. The normalized spacial score (nSPS) is 14.3. The van der Waals surface area contributed by atoms with E-state index in [1.54, 1.807) is 0 Å². The lowest BCUT2D eigenvalue weighted by Crippen LogP contribution is -2.35. The van der Waals surface area contributed by atoms with Crippen molar-refractivity contribution in [2.75, 3.05) is 0 Å². The van der Waals surface area contributed by atoms with E-state index in [1.165, 1.54) is 0 Å². The standard InChI is InChI=1S/C14H19O2PS/c1-3-8-13(18)14(11-4-2,16-17-15)12-9-6-5-7-10-12/h5-7,9-10H,3-4,8,11H2,1-2H3. The maximum Gasteiger partial charge on any atom is 0.328 e. The average molecular weight is 282 g/mol. The van der Waals surface area contributed by atoms with Crippen molar-refractivity contribution < 1.29 is 9.09 Å². The summed E-state index contributed by atoms with van der Waals surface area (Å²) in [5, 5.41) is 0. The number of thiocarbonyl (C=S) groups is 1. The number of hydrogen-bond acceptors (Lipinski definition) is 3. The van der Waals surface area contributed by atoms with E-state index in [9.17, 15) is 4.57 Å². The maximum atomic E-state index is 11.0. The van der Waals surface area contributed by atoms with Gasteiger partial charge in [-0.15, -0.1) is 0 Å². The SMILES string of the molecule is CCCC(=S)C(CCC)(OP=O)c1ccccc1. The molecule has 0 bridgehead atoms. The lowest BCUT2D eigenvalue weighted by molar-refractivity contribution is 0.149. The fourth-order valence-electron chi connectivity index (χ4n) is 2.15. The monoisotopic (exact) mass is 282 g/mol. The second-order valence-electron chi connectivity index (χ2n) is 4.28. The molecule has 0 spiro atoms. The summed E-state index contributed by atoms with van der Waals surface area (Å²) in [4.78, 5) is 0.835. The van der Waals surface area contributed by atoms with E-state index in [1.807, 2.05) is 30.3 Å². The number of hydrogen-bond donors (Lipinski definition) is 0. The van der Waals surface area contributed by atoms with Crippen molar-refractivity contribution >= 4 is 25.8 Å². The van der Waals surface area contributed by atoms with E-state index in [2.05, 4.69) is 13.8 Å². The fourth-order valence-corrected chi connectivity index (χ4v) is 3.11. The summed E-state index contributed by atoms with van der Waals surface area (Å²) in [5.41, 5.74) is 0.304. The van der Waals surface area contributed by atoms with Gasteiger partial charge in [-0.25, -0.2) is 4.57 Å². The summed E-state index contributed by atoms with van der Waals surface area (Å²) in [5.74, 6) is 0. The highest BCUT2D eigenvalue weighted by Gasteiger charge is 2.37. The van der Waals surface area contributed by atoms with Crippen molar-refractivity contribution in [3.05, 3.63) is 35.9 Å². The van der Waals surface area contributed by atoms with Gasteiger partial charge in [0.15, 0.2) is 0 Å². The Kier molecular flexibility index (Phi) is 6.62. The molecule has 0 radical (unpaired) electrons. The zero-order chi connectivity index (χ0) is 13.4. The zero-order valence-corrected chi connectivity index (χ0v) is 12.6. The Balaban J connectivity index is 3.20. The minimum absolute atomic E-state index is 0.318. The minimum Gasteiger partial charge on any atom is -0.277 e. The van der Waals surface area contributed by atoms with Crippen molar-refractivity contribution in [1.82, 2.24) is 0 Å². The van der Waals surface area contributed by atoms with Crippen LogP contribution in [0.3, 0.4) is 0 Å². The topological polar surface area (TPSA) is 26.3 Å². The molecule has 18 heavy (non-hydrogen) atoms. The largest absolute Gasteiger partial charge is 0.328 e. The highest BCUT2D eigenvalue weighted by Crippen LogP contribution is 2.37. The van der Waals surface area contributed by atoms with Gasteiger partial charge in [0.2, 0.25) is 0 Å². The predicted octanol–water partition coefficient (Wildman–Crippen LogP) is 5.08. The fraction of sp³-hybridized carbons (Fsp3) is 0.500. The molecule has 0 amide bonds. The van der Waals surface area contributed by atoms with E-state index in [0.717, 1.165) is 36.1 Å². The summed E-state index contributed by atoms with van der Waals surface area (Å²) in [7, 11) is -0.318. The van der Waals surface area contributed by atoms with Gasteiger partial charge in [0.05, 0.1) is 0 Å². The third-order valence-electron chi connectivity index (χ3n) is 2.96. The number of benzene rings is 1. The van der Waals surface area contributed by atoms with Crippen LogP contribution < -0.4 is 0 Å². The Bertz CT molecular complexity index is 394. The third kappa shape index (κ3) is 3.44. The van der Waals surface area contributed by atoms with Crippen molar-refractivity contribution in [3.8, 4) is 0 Å². The molecule has 1 aromatic rings. The van der Waals surface area contributed by atoms with Crippen LogP contribution in [0.1, 0.15) is 45.1 Å². The van der Waals surface area contributed by atoms with Gasteiger partial charge in [-0.2, -0.15) is 0 Å². The molecule has 0 aromatic heterocycles. The summed E-state index contributed by atoms with van der Waals surface area (Å²) >= 11 is 5.53. The van der Waals surface area contributed by atoms with Gasteiger partial charge in [-0.3, -0.25) is 4.52 Å². The highest BCUT2D eigenvalue weighted by molar-refractivity contribution is 7.80. The molecule has 0 fully saturated rings. The van der Waals surface area contributed by atoms with Crippen LogP contribution in [0.25, 0.3) is 0 Å². The number of rotatable bonds is 8. The van der Waals surface area contributed by atoms with Crippen LogP contribution in [0, 0.1) is 0 Å². The van der Waals surface area contributed by atoms with Crippen LogP contribution in [0.4, 0.5) is 0 Å². The molecular weight excluding hydrogens is 263 g/mol. The Morgan fingerprint density at radius 2 is 1.94 bits per heavy atom. The van der Waals surface area contributed by atoms with E-state index >= 15 is 0 Å². The van der Waals surface area contributed by atoms with Crippen LogP contribution in [0.15, 0.2) is 30.3 Å². The van der Waals surface area contributed by atoms with Gasteiger partial charge in [0.25, 0.3) is 0 Å². The van der Waals surface area contributed by atoms with Gasteiger partial charge in [-0.05, 0) is 18.4 Å². The highest BCUT2D eigenvalue weighted by atomic mass is 32.1. The lowest BCUT2D eigenvalue weighted by atomic mass is 9.84. The quantitative estimate of drug-likeness (QED) is 0.491. The van der Waals surface area contributed by atoms with Crippen LogP contribution in [0.2, 0.25) is 0 Å². The van der Waals surface area contributed by atoms with Crippen LogP contribution in [-0.4, -0.2) is 4.86 Å². The summed E-state index contributed by atoms with van der Waals surface area (Å²) in [6.45, 7) is 4.17. The summed E-state index contributed by atoms with van der Waals surface area (Å²) in [6, 6.07) is 9.85. The lowest BCUT2D eigenvalue weighted by Gasteiger charge is -2.32. The first kappa shape index (κ1) is 15.4. The Morgan fingerprint density at radius 1 is 1.28 bits per heavy atom. The van der Waals surface area contributed by atoms with E-state index in [4.69, 9.17) is 16.7 Å². The van der Waals surface area contributed by atoms with Gasteiger partial charge in [0, 0.05) is 4.86 Å². The van der Waals surface area contributed by atoms with Crippen LogP contribution in [0.5, 0.6) is 0 Å². The van der Waals surface area contributed by atoms with Crippen molar-refractivity contribution in [2.45, 2.75) is 45.1 Å². The Labute approximate surface area is 116 Å². The Hall–Kier alpha value is -0.630. The summed E-state index contributed by atoms with van der Waals surface area (Å²) < 4.78 is 16.5. The van der Waals surface area contributed by atoms with E-state index in [0.29, 0.717) is 0 Å². The minimum atomic E-state index is -0.690. The molecule has 0 N–H and O–H groups in total. The molecule has 0 heterocycles. The van der Waals surface area contributed by atoms with E-state index < -0.39 is 5.60 Å². The van der Waals surface area contributed by atoms with Gasteiger partial charge < -0.3 is 0 Å². The van der Waals surface area contributed by atoms with Gasteiger partial charge >= 0.3 is 8.69 Å². The molecule has 0 aliphatic carbocycles. The second kappa shape index (κ2) is 7.73. The first-order valence-electron chi connectivity index (χ1n) is 6.31. The molecule has 0 aliphatic heterocycles. The van der Waals surface area contributed by atoms with Crippen LogP contribution >= 0.6 is 20.9 Å². The van der Waals surface area contributed by atoms with Crippen LogP contribution in [-0.2, 0) is 14.7 Å². The third-order valence-corrected chi connectivity index (χ3v) is 3.88. The molecule has 1 aromatic carbocycles. The van der Waals surface area contributed by atoms with Gasteiger partial charge in [0.1, 0.15) is 5.60 Å².